The Hall–Kier alpha value is -5.83. The van der Waals surface area contributed by atoms with Crippen LogP contribution >= 0.6 is 0 Å². The molecule has 0 bridgehead atoms. The summed E-state index contributed by atoms with van der Waals surface area (Å²) in [6, 6.07) is 13.2. The summed E-state index contributed by atoms with van der Waals surface area (Å²) in [4.78, 5) is 58.5. The van der Waals surface area contributed by atoms with Crippen molar-refractivity contribution in [1.29, 1.82) is 0 Å². The van der Waals surface area contributed by atoms with Crippen LogP contribution in [0, 0.1) is 13.8 Å². The van der Waals surface area contributed by atoms with Crippen LogP contribution in [0.2, 0.25) is 0 Å². The van der Waals surface area contributed by atoms with Gasteiger partial charge in [0.05, 0.1) is 54.7 Å². The van der Waals surface area contributed by atoms with Crippen molar-refractivity contribution in [2.45, 2.75) is 130 Å². The number of rotatable bonds is 14. The van der Waals surface area contributed by atoms with Crippen molar-refractivity contribution < 1.29 is 69.8 Å². The Kier molecular flexibility index (Phi) is 21.0. The molecule has 2 aromatic carbocycles. The van der Waals surface area contributed by atoms with Crippen LogP contribution in [0.4, 0.5) is 9.59 Å². The van der Waals surface area contributed by atoms with Gasteiger partial charge in [0.25, 0.3) is 10.1 Å². The van der Waals surface area contributed by atoms with Gasteiger partial charge in [0, 0.05) is 43.9 Å². The van der Waals surface area contributed by atoms with Crippen molar-refractivity contribution >= 4 is 34.2 Å². The molecule has 2 N–H and O–H groups in total. The fraction of sp³-hybridized carbons (Fsp3) is 0.560. The van der Waals surface area contributed by atoms with Crippen LogP contribution in [0.5, 0.6) is 0 Å². The maximum absolute atomic E-state index is 12.1. The standard InChI is InChI=1S/C24H32N2O6.C16H19NO6S.C10H19NO3/c1-16-20(25-21(31-16)17-7-9-18(10-8-17)22(27)28)6-5-15-30-19-11-13-26(14-12-19)23(29)32-24(2,3)4;1-11-14(5-4-10-22-24(3,19)20)17-15(23-11)12-6-8-13(9-7-12)16(18)21-2;1-10(2,3)14-9(13)11-6-4-8(12)5-7-11/h7-10,19H,5-6,11-15H2,1-4H3,(H,27,28);6-9H,4-5,10H2,1-3H3;8,12H,4-7H2,1-3H3. The normalized spacial score (nSPS) is 14.7. The molecule has 2 aliphatic rings. The van der Waals surface area contributed by atoms with Gasteiger partial charge in [-0.05, 0) is 155 Å². The molecule has 0 radical (unpaired) electrons. The number of aryl methyl sites for hydroxylation is 4. The van der Waals surface area contributed by atoms with Gasteiger partial charge in [0.1, 0.15) is 22.7 Å². The number of esters is 1. The summed E-state index contributed by atoms with van der Waals surface area (Å²) < 4.78 is 59.2. The fourth-order valence-corrected chi connectivity index (χ4v) is 7.46. The molecule has 4 aromatic rings. The van der Waals surface area contributed by atoms with Crippen molar-refractivity contribution in [2.24, 2.45) is 0 Å². The molecule has 6 rings (SSSR count). The van der Waals surface area contributed by atoms with Crippen LogP contribution in [-0.4, -0.2) is 139 Å². The zero-order chi connectivity index (χ0) is 51.8. The molecular weight excluding hydrogens is 929 g/mol. The Balaban J connectivity index is 0.000000246. The third kappa shape index (κ3) is 19.5. The summed E-state index contributed by atoms with van der Waals surface area (Å²) >= 11 is 0. The molecule has 70 heavy (non-hydrogen) atoms. The molecule has 0 atom stereocenters. The maximum atomic E-state index is 12.1. The number of aromatic nitrogens is 2. The predicted molar refractivity (Wildman–Crippen MR) is 259 cm³/mol. The molecule has 0 aliphatic carbocycles. The second-order valence-corrected chi connectivity index (χ2v) is 20.6. The predicted octanol–water partition coefficient (Wildman–Crippen LogP) is 8.42. The Morgan fingerprint density at radius 2 is 1.10 bits per heavy atom. The number of hydrogen-bond acceptors (Lipinski definition) is 16. The summed E-state index contributed by atoms with van der Waals surface area (Å²) in [5, 5.41) is 18.3. The minimum Gasteiger partial charge on any atom is -0.478 e. The molecule has 0 unspecified atom stereocenters. The lowest BCUT2D eigenvalue weighted by atomic mass is 10.1. The van der Waals surface area contributed by atoms with Crippen molar-refractivity contribution in [1.82, 2.24) is 19.8 Å². The van der Waals surface area contributed by atoms with Crippen LogP contribution in [0.3, 0.4) is 0 Å². The second-order valence-electron chi connectivity index (χ2n) is 19.0. The average Bonchev–Trinajstić information content (AvgIpc) is 3.86. The Bertz CT molecular complexity index is 2420. The van der Waals surface area contributed by atoms with Gasteiger partial charge in [-0.3, -0.25) is 4.18 Å². The summed E-state index contributed by atoms with van der Waals surface area (Å²) in [5.41, 5.74) is 2.87. The monoisotopic (exact) mass is 998 g/mol. The highest BCUT2D eigenvalue weighted by molar-refractivity contribution is 7.85. The number of piperidine rings is 2. The largest absolute Gasteiger partial charge is 0.478 e. The lowest BCUT2D eigenvalue weighted by Gasteiger charge is -2.33. The number of methoxy groups -OCH3 is 1. The van der Waals surface area contributed by atoms with Crippen LogP contribution < -0.4 is 0 Å². The molecule has 19 nitrogen and oxygen atoms in total. The van der Waals surface area contributed by atoms with Crippen LogP contribution in [0.25, 0.3) is 22.9 Å². The number of carbonyl (C=O) groups is 4. The van der Waals surface area contributed by atoms with E-state index >= 15 is 0 Å². The van der Waals surface area contributed by atoms with Gasteiger partial charge < -0.3 is 47.8 Å². The molecule has 0 spiro atoms. The third-order valence-electron chi connectivity index (χ3n) is 10.7. The molecule has 0 saturated carbocycles. The summed E-state index contributed by atoms with van der Waals surface area (Å²) in [6.07, 6.45) is 5.91. The minimum absolute atomic E-state index is 0.105. The number of hydrogen-bond donors (Lipinski definition) is 2. The Labute approximate surface area is 410 Å². The number of carbonyl (C=O) groups excluding carboxylic acids is 3. The highest BCUT2D eigenvalue weighted by Crippen LogP contribution is 2.25. The van der Waals surface area contributed by atoms with Crippen molar-refractivity contribution in [3.05, 3.63) is 82.6 Å². The molecule has 2 saturated heterocycles. The lowest BCUT2D eigenvalue weighted by Crippen LogP contribution is -2.43. The highest BCUT2D eigenvalue weighted by Gasteiger charge is 2.28. The first-order chi connectivity index (χ1) is 32.8. The molecule has 2 fully saturated rings. The van der Waals surface area contributed by atoms with Crippen LogP contribution in [0.1, 0.15) is 124 Å². The smallest absolute Gasteiger partial charge is 0.410 e. The SMILES string of the molecule is CC(C)(C)OC(=O)N1CCC(O)CC1.COC(=O)c1ccc(-c2nc(CCCOS(C)(=O)=O)c(C)o2)cc1.Cc1oc(-c2ccc(C(=O)O)cc2)nc1CCCOC1CCN(C(=O)OC(C)(C)C)CC1. The van der Waals surface area contributed by atoms with Crippen molar-refractivity contribution in [3.8, 4) is 22.9 Å². The van der Waals surface area contributed by atoms with Gasteiger partial charge in [-0.1, -0.05) is 0 Å². The number of aliphatic hydroxyl groups excluding tert-OH is 1. The van der Waals surface area contributed by atoms with E-state index < -0.39 is 33.3 Å². The number of carboxylic acids is 1. The number of benzene rings is 2. The fourth-order valence-electron chi connectivity index (χ4n) is 7.03. The number of amides is 2. The zero-order valence-electron chi connectivity index (χ0n) is 42.1. The molecule has 2 aliphatic heterocycles. The van der Waals surface area contributed by atoms with Gasteiger partial charge in [-0.25, -0.2) is 29.1 Å². The molecule has 20 heteroatoms. The van der Waals surface area contributed by atoms with E-state index in [0.29, 0.717) is 81.6 Å². The van der Waals surface area contributed by atoms with Gasteiger partial charge in [0.15, 0.2) is 0 Å². The van der Waals surface area contributed by atoms with E-state index in [-0.39, 0.29) is 36.6 Å². The number of ether oxygens (including phenoxy) is 4. The van der Waals surface area contributed by atoms with E-state index in [1.165, 1.54) is 7.11 Å². The van der Waals surface area contributed by atoms with Gasteiger partial charge >= 0.3 is 24.1 Å². The number of likely N-dealkylation sites (tertiary alicyclic amines) is 2. The Morgan fingerprint density at radius 1 is 0.686 bits per heavy atom. The van der Waals surface area contributed by atoms with Gasteiger partial charge in [-0.15, -0.1) is 0 Å². The number of carboxylic acid groups (broad SMARTS) is 1. The van der Waals surface area contributed by atoms with E-state index in [0.717, 1.165) is 60.2 Å². The molecule has 4 heterocycles. The number of aromatic carboxylic acids is 1. The third-order valence-corrected chi connectivity index (χ3v) is 11.3. The summed E-state index contributed by atoms with van der Waals surface area (Å²) in [7, 11) is -2.09. The van der Waals surface area contributed by atoms with Crippen LogP contribution in [-0.2, 0) is 46.1 Å². The first kappa shape index (κ1) is 56.8. The lowest BCUT2D eigenvalue weighted by molar-refractivity contribution is -0.0118. The quantitative estimate of drug-likeness (QED) is 0.0521. The van der Waals surface area contributed by atoms with E-state index in [4.69, 9.17) is 32.3 Å². The summed E-state index contributed by atoms with van der Waals surface area (Å²) in [6.45, 7) is 18.0. The minimum atomic E-state index is -3.42. The van der Waals surface area contributed by atoms with Crippen molar-refractivity contribution in [2.75, 3.05) is 52.8 Å². The van der Waals surface area contributed by atoms with E-state index in [1.54, 1.807) is 65.3 Å². The maximum Gasteiger partial charge on any atom is 0.410 e. The van der Waals surface area contributed by atoms with Crippen molar-refractivity contribution in [3.63, 3.8) is 0 Å². The number of nitrogens with zero attached hydrogens (tertiary/aromatic N) is 4. The molecule has 2 aromatic heterocycles. The first-order valence-electron chi connectivity index (χ1n) is 23.4. The summed E-state index contributed by atoms with van der Waals surface area (Å²) in [5.74, 6) is 0.996. The molecular formula is C50H70N4O15S. The van der Waals surface area contributed by atoms with Crippen LogP contribution in [0.15, 0.2) is 57.4 Å². The topological polar surface area (TPSA) is 248 Å². The molecule has 386 valence electrons. The highest BCUT2D eigenvalue weighted by atomic mass is 32.2. The van der Waals surface area contributed by atoms with Gasteiger partial charge in [-0.2, -0.15) is 8.42 Å². The Morgan fingerprint density at radius 3 is 1.50 bits per heavy atom. The van der Waals surface area contributed by atoms with E-state index in [1.807, 2.05) is 48.5 Å². The van der Waals surface area contributed by atoms with E-state index in [9.17, 15) is 32.7 Å². The average molecular weight is 999 g/mol. The zero-order valence-corrected chi connectivity index (χ0v) is 42.9. The molecule has 2 amide bonds. The number of oxazole rings is 2. The first-order valence-corrected chi connectivity index (χ1v) is 25.2. The number of aliphatic hydroxyl groups is 1. The second kappa shape index (κ2) is 25.9. The van der Waals surface area contributed by atoms with Gasteiger partial charge in [0.2, 0.25) is 11.8 Å². The van der Waals surface area contributed by atoms with E-state index in [2.05, 4.69) is 14.7 Å².